The van der Waals surface area contributed by atoms with E-state index >= 15 is 0 Å². The van der Waals surface area contributed by atoms with Crippen molar-refractivity contribution >= 4 is 5.91 Å². The molecule has 1 aromatic carbocycles. The molecule has 1 aromatic rings. The van der Waals surface area contributed by atoms with E-state index in [0.29, 0.717) is 12.5 Å². The van der Waals surface area contributed by atoms with Crippen LogP contribution in [0.4, 0.5) is 0 Å². The van der Waals surface area contributed by atoms with E-state index in [1.807, 2.05) is 42.2 Å². The Morgan fingerprint density at radius 1 is 1.24 bits per heavy atom. The molecular weight excluding hydrogens is 266 g/mol. The van der Waals surface area contributed by atoms with Gasteiger partial charge in [-0.25, -0.2) is 0 Å². The van der Waals surface area contributed by atoms with Crippen LogP contribution in [0.15, 0.2) is 30.3 Å². The van der Waals surface area contributed by atoms with E-state index in [0.717, 1.165) is 44.7 Å². The molecule has 1 aliphatic heterocycles. The number of carbonyl (C=O) groups is 1. The van der Waals surface area contributed by atoms with E-state index in [1.54, 1.807) is 0 Å². The third kappa shape index (κ3) is 5.38. The Labute approximate surface area is 127 Å². The van der Waals surface area contributed by atoms with Gasteiger partial charge in [0, 0.05) is 19.7 Å². The molecule has 4 heteroatoms. The summed E-state index contributed by atoms with van der Waals surface area (Å²) in [6.45, 7) is 5.18. The second-order valence-corrected chi connectivity index (χ2v) is 5.41. The van der Waals surface area contributed by atoms with Crippen molar-refractivity contribution in [3.05, 3.63) is 30.3 Å². The van der Waals surface area contributed by atoms with Crippen molar-refractivity contribution in [1.82, 2.24) is 4.90 Å². The number of hydrogen-bond donors (Lipinski definition) is 0. The van der Waals surface area contributed by atoms with Gasteiger partial charge in [-0.3, -0.25) is 4.79 Å². The third-order valence-corrected chi connectivity index (χ3v) is 3.93. The van der Waals surface area contributed by atoms with E-state index < -0.39 is 0 Å². The summed E-state index contributed by atoms with van der Waals surface area (Å²) in [5.74, 6) is 1.71. The second-order valence-electron chi connectivity index (χ2n) is 5.41. The van der Waals surface area contributed by atoms with Gasteiger partial charge >= 0.3 is 0 Å². The zero-order chi connectivity index (χ0) is 14.9. The molecule has 2 rings (SSSR count). The van der Waals surface area contributed by atoms with Gasteiger partial charge in [0.1, 0.15) is 12.4 Å². The first-order valence-corrected chi connectivity index (χ1v) is 7.83. The molecule has 0 bridgehead atoms. The smallest absolute Gasteiger partial charge is 0.248 e. The summed E-state index contributed by atoms with van der Waals surface area (Å²) < 4.78 is 10.9. The molecule has 0 unspecified atom stereocenters. The maximum absolute atomic E-state index is 11.8. The number of amides is 1. The molecule has 0 aliphatic carbocycles. The summed E-state index contributed by atoms with van der Waals surface area (Å²) in [7, 11) is 0. The van der Waals surface area contributed by atoms with Crippen LogP contribution in [0.3, 0.4) is 0 Å². The fourth-order valence-corrected chi connectivity index (χ4v) is 2.61. The molecule has 1 saturated heterocycles. The number of likely N-dealkylation sites (tertiary alicyclic amines) is 1. The second kappa shape index (κ2) is 8.67. The predicted octanol–water partition coefficient (Wildman–Crippen LogP) is 2.73. The Morgan fingerprint density at radius 2 is 1.95 bits per heavy atom. The van der Waals surface area contributed by atoms with Crippen LogP contribution in [-0.2, 0) is 9.53 Å². The maximum Gasteiger partial charge on any atom is 0.248 e. The first-order chi connectivity index (χ1) is 10.3. The van der Waals surface area contributed by atoms with Crippen molar-refractivity contribution in [2.75, 3.05) is 32.9 Å². The Kier molecular flexibility index (Phi) is 6.54. The van der Waals surface area contributed by atoms with E-state index in [-0.39, 0.29) is 12.5 Å². The minimum Gasteiger partial charge on any atom is -0.494 e. The van der Waals surface area contributed by atoms with Gasteiger partial charge < -0.3 is 14.4 Å². The molecule has 1 aliphatic rings. The molecule has 0 aromatic heterocycles. The van der Waals surface area contributed by atoms with Crippen molar-refractivity contribution in [2.24, 2.45) is 5.92 Å². The fraction of sp³-hybridized carbons (Fsp3) is 0.588. The fourth-order valence-electron chi connectivity index (χ4n) is 2.61. The Balaban J connectivity index is 1.62. The SMILES string of the molecule is CCOCC(=O)N1CCC(CCOc2ccccc2)CC1. The molecular formula is C17H25NO3. The molecule has 21 heavy (non-hydrogen) atoms. The molecule has 116 valence electrons. The van der Waals surface area contributed by atoms with Crippen LogP contribution in [0.25, 0.3) is 0 Å². The highest BCUT2D eigenvalue weighted by molar-refractivity contribution is 5.77. The monoisotopic (exact) mass is 291 g/mol. The van der Waals surface area contributed by atoms with E-state index in [9.17, 15) is 4.79 Å². The van der Waals surface area contributed by atoms with Crippen molar-refractivity contribution in [1.29, 1.82) is 0 Å². The molecule has 0 saturated carbocycles. The number of benzene rings is 1. The third-order valence-electron chi connectivity index (χ3n) is 3.93. The van der Waals surface area contributed by atoms with Gasteiger partial charge in [0.25, 0.3) is 0 Å². The van der Waals surface area contributed by atoms with Gasteiger partial charge in [0.15, 0.2) is 0 Å². The van der Waals surface area contributed by atoms with Gasteiger partial charge in [0.2, 0.25) is 5.91 Å². The summed E-state index contributed by atoms with van der Waals surface area (Å²) >= 11 is 0. The minimum absolute atomic E-state index is 0.121. The topological polar surface area (TPSA) is 38.8 Å². The lowest BCUT2D eigenvalue weighted by atomic mass is 9.94. The Morgan fingerprint density at radius 3 is 2.62 bits per heavy atom. The summed E-state index contributed by atoms with van der Waals surface area (Å²) in [4.78, 5) is 13.8. The Hall–Kier alpha value is -1.55. The number of ether oxygens (including phenoxy) is 2. The van der Waals surface area contributed by atoms with Crippen LogP contribution in [0.2, 0.25) is 0 Å². The average molecular weight is 291 g/mol. The van der Waals surface area contributed by atoms with Crippen molar-refractivity contribution in [2.45, 2.75) is 26.2 Å². The quantitative estimate of drug-likeness (QED) is 0.775. The first-order valence-electron chi connectivity index (χ1n) is 7.83. The largest absolute Gasteiger partial charge is 0.494 e. The van der Waals surface area contributed by atoms with Crippen molar-refractivity contribution in [3.8, 4) is 5.75 Å². The van der Waals surface area contributed by atoms with Crippen molar-refractivity contribution in [3.63, 3.8) is 0 Å². The standard InChI is InChI=1S/C17H25NO3/c1-2-20-14-17(19)18-11-8-15(9-12-18)10-13-21-16-6-4-3-5-7-16/h3-7,15H,2,8-14H2,1H3. The van der Waals surface area contributed by atoms with Crippen LogP contribution in [0.1, 0.15) is 26.2 Å². The number of para-hydroxylation sites is 1. The molecule has 0 spiro atoms. The van der Waals surface area contributed by atoms with E-state index in [1.165, 1.54) is 0 Å². The lowest BCUT2D eigenvalue weighted by Crippen LogP contribution is -2.40. The average Bonchev–Trinajstić information content (AvgIpc) is 2.54. The Bertz CT molecular complexity index is 413. The van der Waals surface area contributed by atoms with Crippen LogP contribution in [0.5, 0.6) is 5.75 Å². The number of carbonyl (C=O) groups excluding carboxylic acids is 1. The van der Waals surface area contributed by atoms with Crippen LogP contribution >= 0.6 is 0 Å². The van der Waals surface area contributed by atoms with E-state index in [2.05, 4.69) is 0 Å². The van der Waals surface area contributed by atoms with Gasteiger partial charge in [-0.2, -0.15) is 0 Å². The highest BCUT2D eigenvalue weighted by atomic mass is 16.5. The zero-order valence-electron chi connectivity index (χ0n) is 12.8. The molecule has 1 amide bonds. The van der Waals surface area contributed by atoms with E-state index in [4.69, 9.17) is 9.47 Å². The number of nitrogens with zero attached hydrogens (tertiary/aromatic N) is 1. The molecule has 0 atom stereocenters. The van der Waals surface area contributed by atoms with Crippen LogP contribution in [0, 0.1) is 5.92 Å². The molecule has 0 radical (unpaired) electrons. The molecule has 4 nitrogen and oxygen atoms in total. The lowest BCUT2D eigenvalue weighted by molar-refractivity contribution is -0.137. The number of rotatable bonds is 7. The van der Waals surface area contributed by atoms with Gasteiger partial charge in [-0.1, -0.05) is 18.2 Å². The summed E-state index contributed by atoms with van der Waals surface area (Å²) in [5.41, 5.74) is 0. The van der Waals surface area contributed by atoms with Gasteiger partial charge in [-0.05, 0) is 44.2 Å². The normalized spacial score (nSPS) is 16.0. The molecule has 0 N–H and O–H groups in total. The highest BCUT2D eigenvalue weighted by Crippen LogP contribution is 2.21. The van der Waals surface area contributed by atoms with Gasteiger partial charge in [0.05, 0.1) is 6.61 Å². The van der Waals surface area contributed by atoms with Crippen LogP contribution < -0.4 is 4.74 Å². The zero-order valence-corrected chi connectivity index (χ0v) is 12.8. The molecule has 1 fully saturated rings. The summed E-state index contributed by atoms with van der Waals surface area (Å²) in [6, 6.07) is 9.92. The van der Waals surface area contributed by atoms with Crippen LogP contribution in [-0.4, -0.2) is 43.7 Å². The highest BCUT2D eigenvalue weighted by Gasteiger charge is 2.22. The summed E-state index contributed by atoms with van der Waals surface area (Å²) in [5, 5.41) is 0. The minimum atomic E-state index is 0.121. The number of piperidine rings is 1. The summed E-state index contributed by atoms with van der Waals surface area (Å²) in [6.07, 6.45) is 3.19. The number of hydrogen-bond acceptors (Lipinski definition) is 3. The lowest BCUT2D eigenvalue weighted by Gasteiger charge is -2.32. The predicted molar refractivity (Wildman–Crippen MR) is 82.4 cm³/mol. The van der Waals surface area contributed by atoms with Gasteiger partial charge in [-0.15, -0.1) is 0 Å². The van der Waals surface area contributed by atoms with Crippen molar-refractivity contribution < 1.29 is 14.3 Å². The first kappa shape index (κ1) is 15.8. The molecule has 1 heterocycles. The maximum atomic E-state index is 11.8.